The number of nitro benzene ring substituents is 2. The third kappa shape index (κ3) is 1.97. The van der Waals surface area contributed by atoms with Crippen molar-refractivity contribution in [2.24, 2.45) is 0 Å². The Morgan fingerprint density at radius 3 is 1.58 bits per heavy atom. The van der Waals surface area contributed by atoms with Crippen LogP contribution in [0.2, 0.25) is 0 Å². The quantitative estimate of drug-likeness (QED) is 0.395. The number of non-ortho nitro benzene ring substituents is 2. The van der Waals surface area contributed by atoms with Gasteiger partial charge in [-0.25, -0.2) is 0 Å². The second-order valence-corrected chi connectivity index (χ2v) is 7.07. The second kappa shape index (κ2) is 4.30. The van der Waals surface area contributed by atoms with Gasteiger partial charge < -0.3 is 0 Å². The first kappa shape index (κ1) is 12.1. The van der Waals surface area contributed by atoms with E-state index in [0.29, 0.717) is 0 Å². The van der Waals surface area contributed by atoms with Gasteiger partial charge in [-0.1, -0.05) is 0 Å². The molecular weight excluding hydrogens is 364 g/mol. The fourth-order valence-corrected chi connectivity index (χ4v) is 5.03. The molecule has 3 rings (SSSR count). The van der Waals surface area contributed by atoms with Crippen molar-refractivity contribution in [1.82, 2.24) is 0 Å². The van der Waals surface area contributed by atoms with Gasteiger partial charge in [-0.2, -0.15) is 0 Å². The van der Waals surface area contributed by atoms with Gasteiger partial charge in [0.2, 0.25) is 0 Å². The number of hydrogen-bond acceptors (Lipinski definition) is 4. The number of rotatable bonds is 2. The summed E-state index contributed by atoms with van der Waals surface area (Å²) in [7, 11) is 0. The van der Waals surface area contributed by atoms with E-state index in [2.05, 4.69) is 0 Å². The molecule has 0 N–H and O–H groups in total. The van der Waals surface area contributed by atoms with Gasteiger partial charge in [0.25, 0.3) is 0 Å². The third-order valence-corrected chi connectivity index (χ3v) is 6.15. The molecule has 7 heteroatoms. The van der Waals surface area contributed by atoms with Gasteiger partial charge in [0.15, 0.2) is 0 Å². The van der Waals surface area contributed by atoms with Crippen LogP contribution in [-0.2, 0) is 0 Å². The first-order valence-corrected chi connectivity index (χ1v) is 7.64. The van der Waals surface area contributed by atoms with Gasteiger partial charge in [-0.15, -0.1) is 0 Å². The van der Waals surface area contributed by atoms with E-state index in [1.165, 1.54) is 24.3 Å². The van der Waals surface area contributed by atoms with Crippen molar-refractivity contribution in [3.63, 3.8) is 0 Å². The number of hydrogen-bond donors (Lipinski definition) is 0. The summed E-state index contributed by atoms with van der Waals surface area (Å²) in [6, 6.07) is 9.53. The molecule has 1 heterocycles. The van der Waals surface area contributed by atoms with Crippen LogP contribution in [0.25, 0.3) is 17.6 Å². The van der Waals surface area contributed by atoms with Crippen molar-refractivity contribution in [3.8, 4) is 0 Å². The van der Waals surface area contributed by atoms with Crippen molar-refractivity contribution < 1.29 is 9.85 Å². The number of nitrogens with zero attached hydrogens (tertiary/aromatic N) is 2. The Morgan fingerprint density at radius 2 is 1.21 bits per heavy atom. The summed E-state index contributed by atoms with van der Waals surface area (Å²) < 4.78 is 2.18. The van der Waals surface area contributed by atoms with E-state index in [1.54, 1.807) is 12.1 Å². The standard InChI is InChI=1S/C12H6N2O4Te/c15-13(16)7-1-3-11-9(5-7)10-6-8(14(17)18)2-4-12(10)19-11/h1-6H. The van der Waals surface area contributed by atoms with Crippen molar-refractivity contribution in [1.29, 1.82) is 0 Å². The Bertz CT molecular complexity index is 772. The molecule has 0 atom stereocenters. The fourth-order valence-electron chi connectivity index (χ4n) is 1.98. The van der Waals surface area contributed by atoms with Crippen molar-refractivity contribution in [2.75, 3.05) is 0 Å². The van der Waals surface area contributed by atoms with Crippen LogP contribution in [0.3, 0.4) is 0 Å². The monoisotopic (exact) mass is 372 g/mol. The number of fused-ring (bicyclic) bond motifs is 3. The molecule has 6 nitrogen and oxygen atoms in total. The third-order valence-electron chi connectivity index (χ3n) is 2.86. The van der Waals surface area contributed by atoms with Crippen LogP contribution >= 0.6 is 0 Å². The van der Waals surface area contributed by atoms with Crippen molar-refractivity contribution >= 4 is 49.4 Å². The molecule has 2 aromatic carbocycles. The molecule has 0 aliphatic heterocycles. The average molecular weight is 370 g/mol. The molecule has 19 heavy (non-hydrogen) atoms. The Balaban J connectivity index is 2.37. The van der Waals surface area contributed by atoms with Crippen LogP contribution in [-0.4, -0.2) is 30.3 Å². The molecule has 0 spiro atoms. The maximum absolute atomic E-state index is 10.8. The van der Waals surface area contributed by atoms with Crippen LogP contribution in [0.5, 0.6) is 0 Å². The molecule has 0 saturated heterocycles. The van der Waals surface area contributed by atoms with Crippen LogP contribution < -0.4 is 0 Å². The molecule has 0 radical (unpaired) electrons. The van der Waals surface area contributed by atoms with Gasteiger partial charge in [-0.3, -0.25) is 0 Å². The molecule has 0 bridgehead atoms. The summed E-state index contributed by atoms with van der Waals surface area (Å²) in [5.41, 5.74) is 0.0381. The van der Waals surface area contributed by atoms with Crippen molar-refractivity contribution in [3.05, 3.63) is 56.6 Å². The summed E-state index contributed by atoms with van der Waals surface area (Å²) in [6.45, 7) is 0. The van der Waals surface area contributed by atoms with Crippen LogP contribution in [0.1, 0.15) is 0 Å². The van der Waals surface area contributed by atoms with Crippen LogP contribution in [0, 0.1) is 20.2 Å². The van der Waals surface area contributed by atoms with Gasteiger partial charge in [0.1, 0.15) is 0 Å². The summed E-state index contributed by atoms with van der Waals surface area (Å²) in [6.07, 6.45) is 0. The zero-order chi connectivity index (χ0) is 13.6. The molecular formula is C12H6N2O4Te. The Labute approximate surface area is 116 Å². The number of benzene rings is 2. The normalized spacial score (nSPS) is 10.9. The van der Waals surface area contributed by atoms with Gasteiger partial charge in [-0.05, 0) is 0 Å². The Morgan fingerprint density at radius 1 is 0.789 bits per heavy atom. The first-order valence-electron chi connectivity index (χ1n) is 5.31. The zero-order valence-corrected chi connectivity index (χ0v) is 11.7. The molecule has 0 saturated carbocycles. The fraction of sp³-hybridized carbons (Fsp3) is 0. The van der Waals surface area contributed by atoms with Crippen molar-refractivity contribution in [2.45, 2.75) is 0 Å². The first-order chi connectivity index (χ1) is 9.06. The minimum atomic E-state index is -0.601. The SMILES string of the molecule is O=[N+]([O-])c1ccc2[te]c3ccc([N+](=O)[O-])cc3c2c1. The zero-order valence-electron chi connectivity index (χ0n) is 9.40. The van der Waals surface area contributed by atoms with Crippen LogP contribution in [0.15, 0.2) is 36.4 Å². The summed E-state index contributed by atoms with van der Waals surface area (Å²) in [4.78, 5) is 20.7. The van der Waals surface area contributed by atoms with Gasteiger partial charge in [0.05, 0.1) is 0 Å². The predicted molar refractivity (Wildman–Crippen MR) is 71.7 cm³/mol. The van der Waals surface area contributed by atoms with E-state index in [9.17, 15) is 20.2 Å². The van der Waals surface area contributed by atoms with E-state index in [-0.39, 0.29) is 11.4 Å². The molecule has 94 valence electrons. The molecule has 3 aromatic rings. The molecule has 0 unspecified atom stereocenters. The van der Waals surface area contributed by atoms with Gasteiger partial charge in [0, 0.05) is 0 Å². The predicted octanol–water partition coefficient (Wildman–Crippen LogP) is 2.87. The van der Waals surface area contributed by atoms with E-state index in [4.69, 9.17) is 0 Å². The second-order valence-electron chi connectivity index (χ2n) is 3.98. The molecule has 0 aliphatic rings. The number of nitro groups is 2. The minimum absolute atomic E-state index is 0.0190. The Hall–Kier alpha value is -1.97. The average Bonchev–Trinajstić information content (AvgIpc) is 2.75. The summed E-state index contributed by atoms with van der Waals surface area (Å²) in [5, 5.41) is 23.1. The van der Waals surface area contributed by atoms with Gasteiger partial charge >= 0.3 is 116 Å². The van der Waals surface area contributed by atoms with E-state index < -0.39 is 30.3 Å². The molecule has 0 aliphatic carbocycles. The van der Waals surface area contributed by atoms with E-state index >= 15 is 0 Å². The Kier molecular flexibility index (Phi) is 2.73. The molecule has 1 aromatic heterocycles. The van der Waals surface area contributed by atoms with E-state index in [0.717, 1.165) is 17.6 Å². The molecule has 0 amide bonds. The molecule has 0 fully saturated rings. The summed E-state index contributed by atoms with van der Waals surface area (Å²) in [5.74, 6) is 0. The van der Waals surface area contributed by atoms with E-state index in [1.807, 2.05) is 0 Å². The van der Waals surface area contributed by atoms with Crippen LogP contribution in [0.4, 0.5) is 11.4 Å². The summed E-state index contributed by atoms with van der Waals surface area (Å²) >= 11 is -0.601. The maximum atomic E-state index is 10.8. The topological polar surface area (TPSA) is 86.3 Å².